The Labute approximate surface area is 206 Å². The van der Waals surface area contributed by atoms with Gasteiger partial charge in [0.1, 0.15) is 22.5 Å². The zero-order valence-corrected chi connectivity index (χ0v) is 20.1. The minimum atomic E-state index is -1.35. The van der Waals surface area contributed by atoms with Crippen LogP contribution in [0.3, 0.4) is 0 Å². The molecular weight excluding hydrogens is 476 g/mol. The monoisotopic (exact) mass is 499 g/mol. The van der Waals surface area contributed by atoms with Gasteiger partial charge in [-0.05, 0) is 42.9 Å². The van der Waals surface area contributed by atoms with Crippen LogP contribution in [-0.4, -0.2) is 29.6 Å². The lowest BCUT2D eigenvalue weighted by atomic mass is 9.83. The average Bonchev–Trinajstić information content (AvgIpc) is 3.17. The molecule has 0 spiro atoms. The summed E-state index contributed by atoms with van der Waals surface area (Å²) < 4.78 is 16.5. The van der Waals surface area contributed by atoms with Crippen LogP contribution < -0.4 is 0 Å². The van der Waals surface area contributed by atoms with E-state index in [9.17, 15) is 9.50 Å². The lowest BCUT2D eigenvalue weighted by Gasteiger charge is -2.27. The number of imidazole rings is 1. The Hall–Kier alpha value is -2.61. The summed E-state index contributed by atoms with van der Waals surface area (Å²) >= 11 is 12.6. The van der Waals surface area contributed by atoms with Gasteiger partial charge in [-0.25, -0.2) is 14.4 Å². The minimum Gasteiger partial charge on any atom is -0.379 e. The zero-order chi connectivity index (χ0) is 23.8. The molecule has 1 fully saturated rings. The van der Waals surface area contributed by atoms with Gasteiger partial charge in [-0.2, -0.15) is 0 Å². The van der Waals surface area contributed by atoms with Crippen molar-refractivity contribution in [3.63, 3.8) is 0 Å². The van der Waals surface area contributed by atoms with Crippen LogP contribution in [0.25, 0.3) is 22.3 Å². The second-order valence-electron chi connectivity index (χ2n) is 9.03. The van der Waals surface area contributed by atoms with Crippen LogP contribution in [0, 0.1) is 17.7 Å². The predicted molar refractivity (Wildman–Crippen MR) is 130 cm³/mol. The fraction of sp³-hybridized carbons (Fsp3) is 0.360. The van der Waals surface area contributed by atoms with Crippen molar-refractivity contribution in [2.45, 2.75) is 45.3 Å². The van der Waals surface area contributed by atoms with Crippen LogP contribution in [0.4, 0.5) is 4.39 Å². The van der Waals surface area contributed by atoms with E-state index >= 15 is 0 Å². The first-order valence-corrected chi connectivity index (χ1v) is 12.1. The van der Waals surface area contributed by atoms with Gasteiger partial charge in [0.05, 0.1) is 21.7 Å². The lowest BCUT2D eigenvalue weighted by Crippen LogP contribution is -2.21. The highest BCUT2D eigenvalue weighted by Crippen LogP contribution is 2.36. The largest absolute Gasteiger partial charge is 0.379 e. The molecule has 0 amide bonds. The summed E-state index contributed by atoms with van der Waals surface area (Å²) in [6, 6.07) is 6.19. The first kappa shape index (κ1) is 23.1. The number of fused-ring (bicyclic) bond motifs is 1. The second-order valence-corrected chi connectivity index (χ2v) is 9.86. The fourth-order valence-corrected chi connectivity index (χ4v) is 5.13. The third-order valence-corrected chi connectivity index (χ3v) is 6.97. The maximum Gasteiger partial charge on any atom is 0.157 e. The standard InChI is InChI=1S/C25H24Cl2FN5O/c1-14-4-6-15(7-5-14)13-33-23-19(31-25(33)24(34)22-18(28)3-2-8-30-22)10-20(27)32-21(23)16-9-17(26)12-29-11-16/h2-3,8-12,14-15,24,34H,4-7,13H2,1H3. The predicted octanol–water partition coefficient (Wildman–Crippen LogP) is 6.24. The van der Waals surface area contributed by atoms with Gasteiger partial charge in [0.25, 0.3) is 0 Å². The van der Waals surface area contributed by atoms with E-state index in [0.717, 1.165) is 25.7 Å². The molecule has 1 unspecified atom stereocenters. The summed E-state index contributed by atoms with van der Waals surface area (Å²) in [4.78, 5) is 17.6. The summed E-state index contributed by atoms with van der Waals surface area (Å²) in [7, 11) is 0. The summed E-state index contributed by atoms with van der Waals surface area (Å²) in [5.41, 5.74) is 2.45. The topological polar surface area (TPSA) is 76.7 Å². The van der Waals surface area contributed by atoms with Gasteiger partial charge in [0.15, 0.2) is 6.10 Å². The fourth-order valence-electron chi connectivity index (χ4n) is 4.77. The number of pyridine rings is 3. The number of hydrogen-bond donors (Lipinski definition) is 1. The van der Waals surface area contributed by atoms with Crippen LogP contribution in [0.1, 0.15) is 50.2 Å². The highest BCUT2D eigenvalue weighted by molar-refractivity contribution is 6.31. The molecule has 5 rings (SSSR count). The summed E-state index contributed by atoms with van der Waals surface area (Å²) in [6.07, 6.45) is 7.77. The third-order valence-electron chi connectivity index (χ3n) is 6.57. The smallest absolute Gasteiger partial charge is 0.157 e. The molecule has 4 aromatic heterocycles. The minimum absolute atomic E-state index is 0.0682. The molecule has 34 heavy (non-hydrogen) atoms. The number of aliphatic hydroxyl groups excluding tert-OH is 1. The van der Waals surface area contributed by atoms with Crippen molar-refractivity contribution < 1.29 is 9.50 Å². The van der Waals surface area contributed by atoms with Crippen LogP contribution in [0.5, 0.6) is 0 Å². The quantitative estimate of drug-likeness (QED) is 0.328. The van der Waals surface area contributed by atoms with E-state index in [2.05, 4.69) is 21.9 Å². The van der Waals surface area contributed by atoms with Crippen LogP contribution in [0.2, 0.25) is 10.2 Å². The number of rotatable bonds is 5. The first-order chi connectivity index (χ1) is 16.4. The highest BCUT2D eigenvalue weighted by atomic mass is 35.5. The summed E-state index contributed by atoms with van der Waals surface area (Å²) in [5, 5.41) is 11.9. The number of halogens is 3. The van der Waals surface area contributed by atoms with Crippen molar-refractivity contribution >= 4 is 34.2 Å². The van der Waals surface area contributed by atoms with Gasteiger partial charge < -0.3 is 9.67 Å². The van der Waals surface area contributed by atoms with Crippen molar-refractivity contribution in [2.75, 3.05) is 0 Å². The van der Waals surface area contributed by atoms with Gasteiger partial charge in [-0.15, -0.1) is 0 Å². The Balaban J connectivity index is 1.71. The molecule has 4 heterocycles. The molecule has 4 aromatic rings. The SMILES string of the molecule is CC1CCC(Cn2c(C(O)c3ncccc3F)nc3cc(Cl)nc(-c4cncc(Cl)c4)c32)CC1. The second kappa shape index (κ2) is 9.56. The molecule has 9 heteroatoms. The maximum absolute atomic E-state index is 14.6. The molecule has 1 N–H and O–H groups in total. The van der Waals surface area contributed by atoms with Crippen molar-refractivity contribution in [1.82, 2.24) is 24.5 Å². The van der Waals surface area contributed by atoms with E-state index in [0.29, 0.717) is 51.5 Å². The summed E-state index contributed by atoms with van der Waals surface area (Å²) in [5.74, 6) is 0.827. The number of nitrogens with zero attached hydrogens (tertiary/aromatic N) is 5. The molecule has 6 nitrogen and oxygen atoms in total. The third kappa shape index (κ3) is 4.52. The zero-order valence-electron chi connectivity index (χ0n) is 18.6. The Morgan fingerprint density at radius 2 is 1.94 bits per heavy atom. The molecule has 176 valence electrons. The first-order valence-electron chi connectivity index (χ1n) is 11.4. The van der Waals surface area contributed by atoms with E-state index < -0.39 is 11.9 Å². The van der Waals surface area contributed by atoms with Crippen LogP contribution in [-0.2, 0) is 6.54 Å². The Morgan fingerprint density at radius 1 is 1.15 bits per heavy atom. The molecule has 0 aromatic carbocycles. The van der Waals surface area contributed by atoms with E-state index in [1.165, 1.54) is 18.3 Å². The van der Waals surface area contributed by atoms with Gasteiger partial charge in [0, 0.05) is 36.8 Å². The molecule has 1 aliphatic rings. The lowest BCUT2D eigenvalue weighted by molar-refractivity contribution is 0.188. The Kier molecular flexibility index (Phi) is 6.51. The molecule has 0 radical (unpaired) electrons. The number of aromatic nitrogens is 5. The number of aliphatic hydroxyl groups is 1. The van der Waals surface area contributed by atoms with Crippen molar-refractivity contribution in [2.24, 2.45) is 11.8 Å². The molecule has 1 atom stereocenters. The van der Waals surface area contributed by atoms with E-state index in [4.69, 9.17) is 28.2 Å². The summed E-state index contributed by atoms with van der Waals surface area (Å²) in [6.45, 7) is 2.90. The van der Waals surface area contributed by atoms with Crippen molar-refractivity contribution in [3.05, 3.63) is 70.4 Å². The average molecular weight is 500 g/mol. The molecule has 0 saturated heterocycles. The Morgan fingerprint density at radius 3 is 2.68 bits per heavy atom. The van der Waals surface area contributed by atoms with Crippen LogP contribution in [0.15, 0.2) is 42.9 Å². The normalized spacial score (nSPS) is 19.4. The van der Waals surface area contributed by atoms with Crippen molar-refractivity contribution in [3.8, 4) is 11.3 Å². The highest BCUT2D eigenvalue weighted by Gasteiger charge is 2.28. The van der Waals surface area contributed by atoms with Gasteiger partial charge in [0.2, 0.25) is 0 Å². The molecule has 0 aliphatic heterocycles. The van der Waals surface area contributed by atoms with Gasteiger partial charge in [-0.1, -0.05) is 43.0 Å². The van der Waals surface area contributed by atoms with E-state index in [-0.39, 0.29) is 10.8 Å². The van der Waals surface area contributed by atoms with Crippen molar-refractivity contribution in [1.29, 1.82) is 0 Å². The molecular formula is C25H24Cl2FN5O. The van der Waals surface area contributed by atoms with Gasteiger partial charge >= 0.3 is 0 Å². The van der Waals surface area contributed by atoms with Crippen LogP contribution >= 0.6 is 23.2 Å². The maximum atomic E-state index is 14.6. The Bertz CT molecular complexity index is 1340. The molecule has 1 saturated carbocycles. The molecule has 1 aliphatic carbocycles. The molecule has 0 bridgehead atoms. The number of hydrogen-bond acceptors (Lipinski definition) is 5. The van der Waals surface area contributed by atoms with Gasteiger partial charge in [-0.3, -0.25) is 9.97 Å². The van der Waals surface area contributed by atoms with E-state index in [1.54, 1.807) is 24.5 Å². The van der Waals surface area contributed by atoms with E-state index in [1.807, 2.05) is 4.57 Å².